The van der Waals surface area contributed by atoms with E-state index in [1.807, 2.05) is 27.7 Å². The van der Waals surface area contributed by atoms with Crippen molar-refractivity contribution in [3.8, 4) is 0 Å². The normalized spacial score (nSPS) is 25.7. The fourth-order valence-electron chi connectivity index (χ4n) is 2.98. The smallest absolute Gasteiger partial charge is 0.407 e. The van der Waals surface area contributed by atoms with E-state index in [0.29, 0.717) is 18.5 Å². The van der Waals surface area contributed by atoms with Crippen LogP contribution in [0.4, 0.5) is 4.79 Å². The van der Waals surface area contributed by atoms with Gasteiger partial charge in [0.05, 0.1) is 6.04 Å². The summed E-state index contributed by atoms with van der Waals surface area (Å²) in [5.41, 5.74) is -0.479. The molecule has 0 spiro atoms. The van der Waals surface area contributed by atoms with Crippen molar-refractivity contribution in [3.63, 3.8) is 0 Å². The zero-order valence-corrected chi connectivity index (χ0v) is 14.8. The molecule has 0 aromatic rings. The highest BCUT2D eigenvalue weighted by atomic mass is 16.6. The van der Waals surface area contributed by atoms with Crippen LogP contribution >= 0.6 is 0 Å². The lowest BCUT2D eigenvalue weighted by atomic mass is 10.0. The van der Waals surface area contributed by atoms with Gasteiger partial charge in [-0.15, -0.1) is 0 Å². The fourth-order valence-corrected chi connectivity index (χ4v) is 2.98. The first-order chi connectivity index (χ1) is 10.7. The van der Waals surface area contributed by atoms with E-state index in [0.717, 1.165) is 32.1 Å². The van der Waals surface area contributed by atoms with E-state index in [4.69, 9.17) is 4.74 Å². The van der Waals surface area contributed by atoms with Gasteiger partial charge in [-0.3, -0.25) is 4.79 Å². The van der Waals surface area contributed by atoms with E-state index in [2.05, 4.69) is 16.0 Å². The zero-order valence-electron chi connectivity index (χ0n) is 14.8. The van der Waals surface area contributed by atoms with E-state index in [-0.39, 0.29) is 24.1 Å². The maximum Gasteiger partial charge on any atom is 0.407 e. The third-order valence-electron chi connectivity index (χ3n) is 4.35. The third kappa shape index (κ3) is 6.37. The van der Waals surface area contributed by atoms with E-state index in [1.54, 1.807) is 0 Å². The Hall–Kier alpha value is -1.30. The van der Waals surface area contributed by atoms with Crippen molar-refractivity contribution in [2.75, 3.05) is 6.54 Å². The van der Waals surface area contributed by atoms with Crippen LogP contribution in [-0.2, 0) is 9.53 Å². The van der Waals surface area contributed by atoms with Gasteiger partial charge in [-0.2, -0.15) is 0 Å². The van der Waals surface area contributed by atoms with Crippen molar-refractivity contribution in [2.45, 2.75) is 83.5 Å². The summed E-state index contributed by atoms with van der Waals surface area (Å²) in [6.07, 6.45) is 5.05. The predicted molar refractivity (Wildman–Crippen MR) is 89.1 cm³/mol. The van der Waals surface area contributed by atoms with Gasteiger partial charge >= 0.3 is 6.09 Å². The Kier molecular flexibility index (Phi) is 5.89. The number of ether oxygens (including phenoxy) is 1. The van der Waals surface area contributed by atoms with Crippen molar-refractivity contribution in [1.29, 1.82) is 0 Å². The Morgan fingerprint density at radius 1 is 1.17 bits per heavy atom. The molecule has 0 aromatic carbocycles. The number of alkyl carbamates (subject to hydrolysis) is 1. The van der Waals surface area contributed by atoms with Crippen LogP contribution in [0.25, 0.3) is 0 Å². The Bertz CT molecular complexity index is 429. The molecule has 2 rings (SSSR count). The third-order valence-corrected chi connectivity index (χ3v) is 4.35. The lowest BCUT2D eigenvalue weighted by Crippen LogP contribution is -2.49. The number of nitrogens with one attached hydrogen (secondary N) is 3. The average molecular weight is 325 g/mol. The van der Waals surface area contributed by atoms with Crippen molar-refractivity contribution in [1.82, 2.24) is 16.0 Å². The van der Waals surface area contributed by atoms with E-state index in [9.17, 15) is 9.59 Å². The van der Waals surface area contributed by atoms with Gasteiger partial charge in [-0.05, 0) is 59.3 Å². The summed E-state index contributed by atoms with van der Waals surface area (Å²) in [6.45, 7) is 8.06. The molecule has 6 heteroatoms. The molecule has 3 atom stereocenters. The fraction of sp³-hybridized carbons (Fsp3) is 0.882. The summed E-state index contributed by atoms with van der Waals surface area (Å²) in [7, 11) is 0. The first kappa shape index (κ1) is 18.0. The van der Waals surface area contributed by atoms with Gasteiger partial charge in [0.15, 0.2) is 0 Å². The van der Waals surface area contributed by atoms with Crippen LogP contribution in [0, 0.1) is 5.92 Å². The monoisotopic (exact) mass is 325 g/mol. The molecule has 0 aliphatic heterocycles. The average Bonchev–Trinajstić information content (AvgIpc) is 3.12. The van der Waals surface area contributed by atoms with Crippen LogP contribution in [0.2, 0.25) is 0 Å². The minimum absolute atomic E-state index is 0.0817. The molecule has 0 heterocycles. The lowest BCUT2D eigenvalue weighted by Gasteiger charge is -2.26. The summed E-state index contributed by atoms with van der Waals surface area (Å²) in [5.74, 6) is 0.428. The molecule has 6 nitrogen and oxygen atoms in total. The topological polar surface area (TPSA) is 79.5 Å². The van der Waals surface area contributed by atoms with Crippen molar-refractivity contribution >= 4 is 12.0 Å². The molecule has 0 radical (unpaired) electrons. The second-order valence-electron chi connectivity index (χ2n) is 7.85. The van der Waals surface area contributed by atoms with Crippen LogP contribution in [-0.4, -0.2) is 42.3 Å². The van der Waals surface area contributed by atoms with Crippen LogP contribution < -0.4 is 16.0 Å². The molecule has 2 saturated carbocycles. The molecule has 23 heavy (non-hydrogen) atoms. The van der Waals surface area contributed by atoms with Crippen molar-refractivity contribution in [2.24, 2.45) is 5.92 Å². The van der Waals surface area contributed by atoms with Gasteiger partial charge in [0.25, 0.3) is 0 Å². The second-order valence-corrected chi connectivity index (χ2v) is 7.85. The van der Waals surface area contributed by atoms with Crippen LogP contribution in [0.1, 0.15) is 59.8 Å². The zero-order chi connectivity index (χ0) is 17.0. The summed E-state index contributed by atoms with van der Waals surface area (Å²) in [4.78, 5) is 23.8. The van der Waals surface area contributed by atoms with Crippen molar-refractivity contribution < 1.29 is 14.3 Å². The van der Waals surface area contributed by atoms with Crippen LogP contribution in [0.3, 0.4) is 0 Å². The summed E-state index contributed by atoms with van der Waals surface area (Å²) in [6, 6.07) is 0.465. The first-order valence-corrected chi connectivity index (χ1v) is 8.78. The molecule has 2 aliphatic carbocycles. The summed E-state index contributed by atoms with van der Waals surface area (Å²) in [5, 5.41) is 9.31. The number of hydrogen-bond acceptors (Lipinski definition) is 4. The largest absolute Gasteiger partial charge is 0.444 e. The Morgan fingerprint density at radius 2 is 1.87 bits per heavy atom. The maximum absolute atomic E-state index is 12.0. The van der Waals surface area contributed by atoms with Crippen molar-refractivity contribution in [3.05, 3.63) is 0 Å². The van der Waals surface area contributed by atoms with Gasteiger partial charge in [0, 0.05) is 18.6 Å². The molecular weight excluding hydrogens is 294 g/mol. The van der Waals surface area contributed by atoms with Gasteiger partial charge < -0.3 is 20.7 Å². The molecular formula is C17H31N3O3. The number of amides is 2. The summed E-state index contributed by atoms with van der Waals surface area (Å²) < 4.78 is 5.27. The SMILES string of the molecule is CC(NC1CCCC1CNC(=O)OC(C)(C)C)C(=O)NC1CC1. The number of rotatable bonds is 6. The molecule has 0 aromatic heterocycles. The van der Waals surface area contributed by atoms with Gasteiger partial charge in [-0.25, -0.2) is 4.79 Å². The molecule has 0 saturated heterocycles. The molecule has 3 N–H and O–H groups in total. The van der Waals surface area contributed by atoms with Gasteiger partial charge in [-0.1, -0.05) is 6.42 Å². The highest BCUT2D eigenvalue weighted by Gasteiger charge is 2.32. The van der Waals surface area contributed by atoms with Gasteiger partial charge in [0.1, 0.15) is 5.60 Å². The Balaban J connectivity index is 1.73. The van der Waals surface area contributed by atoms with Crippen LogP contribution in [0.15, 0.2) is 0 Å². The number of hydrogen-bond donors (Lipinski definition) is 3. The minimum atomic E-state index is -0.479. The highest BCUT2D eigenvalue weighted by Crippen LogP contribution is 2.26. The van der Waals surface area contributed by atoms with Gasteiger partial charge in [0.2, 0.25) is 5.91 Å². The molecule has 3 unspecified atom stereocenters. The summed E-state index contributed by atoms with van der Waals surface area (Å²) >= 11 is 0. The van der Waals surface area contributed by atoms with E-state index < -0.39 is 5.60 Å². The van der Waals surface area contributed by atoms with E-state index >= 15 is 0 Å². The molecule has 2 amide bonds. The quantitative estimate of drug-likeness (QED) is 0.697. The standard InChI is InChI=1S/C17H31N3O3/c1-11(15(21)20-13-8-9-13)19-14-7-5-6-12(14)10-18-16(22)23-17(2,3)4/h11-14,19H,5-10H2,1-4H3,(H,18,22)(H,20,21). The predicted octanol–water partition coefficient (Wildman–Crippen LogP) is 1.94. The maximum atomic E-state index is 12.0. The molecule has 2 fully saturated rings. The second kappa shape index (κ2) is 7.51. The molecule has 132 valence electrons. The van der Waals surface area contributed by atoms with E-state index in [1.165, 1.54) is 0 Å². The van der Waals surface area contributed by atoms with Crippen LogP contribution in [0.5, 0.6) is 0 Å². The highest BCUT2D eigenvalue weighted by molar-refractivity contribution is 5.81. The molecule has 0 bridgehead atoms. The Labute approximate surface area is 139 Å². The number of carbonyl (C=O) groups excluding carboxylic acids is 2. The molecule has 2 aliphatic rings. The first-order valence-electron chi connectivity index (χ1n) is 8.78. The lowest BCUT2D eigenvalue weighted by molar-refractivity contribution is -0.123. The Morgan fingerprint density at radius 3 is 2.48 bits per heavy atom. The minimum Gasteiger partial charge on any atom is -0.444 e. The number of carbonyl (C=O) groups is 2.